The lowest BCUT2D eigenvalue weighted by molar-refractivity contribution is -0.118. The van der Waals surface area contributed by atoms with E-state index in [9.17, 15) is 4.79 Å². The molecule has 0 aliphatic heterocycles. The molecule has 0 radical (unpaired) electrons. The van der Waals surface area contributed by atoms with E-state index in [1.54, 1.807) is 6.07 Å². The summed E-state index contributed by atoms with van der Waals surface area (Å²) in [7, 11) is 0. The summed E-state index contributed by atoms with van der Waals surface area (Å²) in [4.78, 5) is 11.5. The number of hydrogen-bond acceptors (Lipinski definition) is 2. The van der Waals surface area contributed by atoms with Gasteiger partial charge in [0.2, 0.25) is 5.91 Å². The number of nitrogen functional groups attached to an aromatic ring is 1. The van der Waals surface area contributed by atoms with Gasteiger partial charge in [0.05, 0.1) is 11.4 Å². The van der Waals surface area contributed by atoms with Crippen molar-refractivity contribution in [1.29, 1.82) is 0 Å². The van der Waals surface area contributed by atoms with E-state index in [-0.39, 0.29) is 11.8 Å². The molecule has 1 aromatic carbocycles. The van der Waals surface area contributed by atoms with E-state index in [1.165, 1.54) is 0 Å². The van der Waals surface area contributed by atoms with Crippen molar-refractivity contribution in [2.24, 2.45) is 5.92 Å². The molecule has 0 heterocycles. The van der Waals surface area contributed by atoms with E-state index in [2.05, 4.69) is 37.2 Å². The largest absolute Gasteiger partial charge is 0.397 e. The van der Waals surface area contributed by atoms with Crippen LogP contribution in [-0.4, -0.2) is 5.91 Å². The van der Waals surface area contributed by atoms with Crippen molar-refractivity contribution in [3.63, 3.8) is 0 Å². The Balaban J connectivity index is 3.00. The number of halogens is 2. The third kappa shape index (κ3) is 3.21. The summed E-state index contributed by atoms with van der Waals surface area (Å²) >= 11 is 6.67. The van der Waals surface area contributed by atoms with Crippen molar-refractivity contribution in [2.75, 3.05) is 11.1 Å². The molecule has 0 aliphatic carbocycles. The number of rotatable bonds is 2. The molecule has 0 saturated heterocycles. The second-order valence-corrected chi connectivity index (χ2v) is 5.27. The molecule has 0 unspecified atom stereocenters. The molecule has 0 spiro atoms. The van der Waals surface area contributed by atoms with Gasteiger partial charge in [-0.2, -0.15) is 0 Å². The zero-order chi connectivity index (χ0) is 11.6. The van der Waals surface area contributed by atoms with Crippen LogP contribution in [0, 0.1) is 5.92 Å². The Morgan fingerprint density at radius 1 is 1.40 bits per heavy atom. The second kappa shape index (κ2) is 4.99. The number of amides is 1. The van der Waals surface area contributed by atoms with Crippen LogP contribution in [0.2, 0.25) is 0 Å². The number of anilines is 2. The molecule has 1 rings (SSSR count). The Labute approximate surface area is 106 Å². The van der Waals surface area contributed by atoms with E-state index in [4.69, 9.17) is 5.73 Å². The molecule has 82 valence electrons. The number of hydrogen-bond donors (Lipinski definition) is 2. The summed E-state index contributed by atoms with van der Waals surface area (Å²) < 4.78 is 1.64. The minimum Gasteiger partial charge on any atom is -0.397 e. The summed E-state index contributed by atoms with van der Waals surface area (Å²) in [6.45, 7) is 3.66. The summed E-state index contributed by atoms with van der Waals surface area (Å²) in [6, 6.07) is 3.59. The Bertz CT molecular complexity index is 368. The Morgan fingerprint density at radius 2 is 2.00 bits per heavy atom. The number of carbonyl (C=O) groups excluding carboxylic acids is 1. The summed E-state index contributed by atoms with van der Waals surface area (Å²) in [5, 5.41) is 2.77. The topological polar surface area (TPSA) is 55.1 Å². The van der Waals surface area contributed by atoms with Crippen molar-refractivity contribution >= 4 is 49.1 Å². The average Bonchev–Trinajstić information content (AvgIpc) is 2.10. The minimum absolute atomic E-state index is 0.0512. The van der Waals surface area contributed by atoms with E-state index >= 15 is 0 Å². The first kappa shape index (κ1) is 12.5. The minimum atomic E-state index is -0.0695. The first-order valence-corrected chi connectivity index (χ1v) is 6.05. The van der Waals surface area contributed by atoms with Gasteiger partial charge in [-0.05, 0) is 28.1 Å². The molecule has 0 atom stereocenters. The lowest BCUT2D eigenvalue weighted by Crippen LogP contribution is -2.18. The van der Waals surface area contributed by atoms with Gasteiger partial charge in [-0.15, -0.1) is 0 Å². The number of carbonyl (C=O) groups is 1. The predicted octanol–water partition coefficient (Wildman–Crippen LogP) is 3.39. The maximum absolute atomic E-state index is 11.5. The second-order valence-electron chi connectivity index (χ2n) is 3.50. The molecule has 1 aromatic rings. The van der Waals surface area contributed by atoms with Crippen LogP contribution in [0.4, 0.5) is 11.4 Å². The molecule has 5 heteroatoms. The van der Waals surface area contributed by atoms with Crippen molar-refractivity contribution in [1.82, 2.24) is 0 Å². The highest BCUT2D eigenvalue weighted by atomic mass is 79.9. The van der Waals surface area contributed by atoms with Crippen molar-refractivity contribution in [3.05, 3.63) is 21.1 Å². The molecule has 0 bridgehead atoms. The number of nitrogens with one attached hydrogen (secondary N) is 1. The van der Waals surface area contributed by atoms with E-state index in [1.807, 2.05) is 19.9 Å². The van der Waals surface area contributed by atoms with E-state index in [0.717, 1.165) is 8.95 Å². The Morgan fingerprint density at radius 3 is 2.47 bits per heavy atom. The lowest BCUT2D eigenvalue weighted by Gasteiger charge is -2.12. The third-order valence-corrected chi connectivity index (χ3v) is 2.94. The standard InChI is InChI=1S/C10H12Br2N2O/c1-5(2)10(15)14-9-7(12)3-6(11)4-8(9)13/h3-5H,13H2,1-2H3,(H,14,15). The zero-order valence-electron chi connectivity index (χ0n) is 8.47. The molecular formula is C10H12Br2N2O. The van der Waals surface area contributed by atoms with E-state index < -0.39 is 0 Å². The van der Waals surface area contributed by atoms with Crippen LogP contribution in [0.15, 0.2) is 21.1 Å². The highest BCUT2D eigenvalue weighted by molar-refractivity contribution is 9.11. The molecule has 1 amide bonds. The fraction of sp³-hybridized carbons (Fsp3) is 0.300. The van der Waals surface area contributed by atoms with Gasteiger partial charge in [-0.25, -0.2) is 0 Å². The molecule has 0 saturated carbocycles. The van der Waals surface area contributed by atoms with Gasteiger partial charge >= 0.3 is 0 Å². The molecule has 0 fully saturated rings. The first-order chi connectivity index (χ1) is 6.91. The Kier molecular flexibility index (Phi) is 4.16. The quantitative estimate of drug-likeness (QED) is 0.814. The molecule has 3 N–H and O–H groups in total. The van der Waals surface area contributed by atoms with Crippen molar-refractivity contribution < 1.29 is 4.79 Å². The molecule has 0 aliphatic rings. The maximum atomic E-state index is 11.5. The Hall–Kier alpha value is -0.550. The highest BCUT2D eigenvalue weighted by Crippen LogP contribution is 2.32. The van der Waals surface area contributed by atoms with Crippen molar-refractivity contribution in [2.45, 2.75) is 13.8 Å². The van der Waals surface area contributed by atoms with Crippen LogP contribution < -0.4 is 11.1 Å². The van der Waals surface area contributed by atoms with Gasteiger partial charge in [0, 0.05) is 14.9 Å². The molecule has 15 heavy (non-hydrogen) atoms. The molecule has 3 nitrogen and oxygen atoms in total. The van der Waals surface area contributed by atoms with Gasteiger partial charge in [-0.1, -0.05) is 29.8 Å². The highest BCUT2D eigenvalue weighted by Gasteiger charge is 2.12. The van der Waals surface area contributed by atoms with Gasteiger partial charge in [0.15, 0.2) is 0 Å². The number of nitrogens with two attached hydrogens (primary N) is 1. The number of benzene rings is 1. The van der Waals surface area contributed by atoms with Crippen molar-refractivity contribution in [3.8, 4) is 0 Å². The monoisotopic (exact) mass is 334 g/mol. The van der Waals surface area contributed by atoms with Gasteiger partial charge in [-0.3, -0.25) is 4.79 Å². The lowest BCUT2D eigenvalue weighted by atomic mass is 10.2. The van der Waals surface area contributed by atoms with Crippen LogP contribution in [0.25, 0.3) is 0 Å². The zero-order valence-corrected chi connectivity index (χ0v) is 11.6. The maximum Gasteiger partial charge on any atom is 0.227 e. The summed E-state index contributed by atoms with van der Waals surface area (Å²) in [5.74, 6) is -0.121. The molecule has 0 aromatic heterocycles. The molecular weight excluding hydrogens is 324 g/mol. The van der Waals surface area contributed by atoms with Crippen LogP contribution >= 0.6 is 31.9 Å². The predicted molar refractivity (Wildman–Crippen MR) is 69.7 cm³/mol. The van der Waals surface area contributed by atoms with Gasteiger partial charge < -0.3 is 11.1 Å². The van der Waals surface area contributed by atoms with Crippen LogP contribution in [-0.2, 0) is 4.79 Å². The fourth-order valence-corrected chi connectivity index (χ4v) is 2.35. The van der Waals surface area contributed by atoms with Crippen LogP contribution in [0.1, 0.15) is 13.8 Å². The summed E-state index contributed by atoms with van der Waals surface area (Å²) in [6.07, 6.45) is 0. The summed E-state index contributed by atoms with van der Waals surface area (Å²) in [5.41, 5.74) is 6.95. The third-order valence-electron chi connectivity index (χ3n) is 1.86. The van der Waals surface area contributed by atoms with Crippen LogP contribution in [0.3, 0.4) is 0 Å². The normalized spacial score (nSPS) is 10.5. The van der Waals surface area contributed by atoms with Gasteiger partial charge in [0.1, 0.15) is 0 Å². The fourth-order valence-electron chi connectivity index (χ4n) is 0.993. The first-order valence-electron chi connectivity index (χ1n) is 4.47. The smallest absolute Gasteiger partial charge is 0.227 e. The SMILES string of the molecule is CC(C)C(=O)Nc1c(N)cc(Br)cc1Br. The van der Waals surface area contributed by atoms with E-state index in [0.29, 0.717) is 11.4 Å². The van der Waals surface area contributed by atoms with Crippen LogP contribution in [0.5, 0.6) is 0 Å². The average molecular weight is 336 g/mol. The van der Waals surface area contributed by atoms with Gasteiger partial charge in [0.25, 0.3) is 0 Å².